The van der Waals surface area contributed by atoms with Crippen LogP contribution in [-0.2, 0) is 6.54 Å². The molecule has 16 heavy (non-hydrogen) atoms. The Morgan fingerprint density at radius 1 is 1.25 bits per heavy atom. The summed E-state index contributed by atoms with van der Waals surface area (Å²) in [7, 11) is 0. The Bertz CT molecular complexity index is 322. The average Bonchev–Trinajstić information content (AvgIpc) is 2.98. The van der Waals surface area contributed by atoms with Crippen LogP contribution in [0.2, 0.25) is 0 Å². The van der Waals surface area contributed by atoms with Gasteiger partial charge >= 0.3 is 0 Å². The zero-order valence-corrected chi connectivity index (χ0v) is 9.60. The number of nitrogens with zero attached hydrogens (tertiary/aromatic N) is 1. The van der Waals surface area contributed by atoms with Gasteiger partial charge in [-0.3, -0.25) is 4.90 Å². The van der Waals surface area contributed by atoms with E-state index < -0.39 is 0 Å². The molecular formula is C13H20N2O. The zero-order valence-electron chi connectivity index (χ0n) is 9.60. The van der Waals surface area contributed by atoms with Crippen LogP contribution in [0.4, 0.5) is 0 Å². The zero-order chi connectivity index (χ0) is 11.4. The number of aliphatic hydroxyl groups is 1. The number of rotatable bonds is 6. The van der Waals surface area contributed by atoms with Gasteiger partial charge in [0.2, 0.25) is 0 Å². The van der Waals surface area contributed by atoms with Gasteiger partial charge in [0, 0.05) is 25.2 Å². The van der Waals surface area contributed by atoms with Crippen LogP contribution in [0, 0.1) is 0 Å². The minimum Gasteiger partial charge on any atom is -0.395 e. The van der Waals surface area contributed by atoms with E-state index in [1.165, 1.54) is 5.56 Å². The van der Waals surface area contributed by atoms with E-state index in [9.17, 15) is 0 Å². The summed E-state index contributed by atoms with van der Waals surface area (Å²) in [6, 6.07) is 10.3. The number of hydrogen-bond donors (Lipinski definition) is 2. The molecule has 0 bridgehead atoms. The van der Waals surface area contributed by atoms with Crippen molar-refractivity contribution in [2.45, 2.75) is 24.9 Å². The molecule has 1 aromatic carbocycles. The Balaban J connectivity index is 1.92. The molecule has 1 aromatic rings. The molecule has 2 rings (SSSR count). The summed E-state index contributed by atoms with van der Waals surface area (Å²) in [5.74, 6) is 0. The van der Waals surface area contributed by atoms with Gasteiger partial charge in [0.1, 0.15) is 0 Å². The van der Waals surface area contributed by atoms with Gasteiger partial charge in [-0.1, -0.05) is 30.3 Å². The molecule has 0 saturated heterocycles. The Morgan fingerprint density at radius 3 is 2.50 bits per heavy atom. The molecule has 1 aliphatic carbocycles. The molecule has 3 N–H and O–H groups in total. The molecule has 0 aromatic heterocycles. The van der Waals surface area contributed by atoms with E-state index in [2.05, 4.69) is 17.0 Å². The van der Waals surface area contributed by atoms with Crippen molar-refractivity contribution >= 4 is 0 Å². The van der Waals surface area contributed by atoms with Crippen LogP contribution >= 0.6 is 0 Å². The second-order valence-corrected chi connectivity index (χ2v) is 4.78. The maximum Gasteiger partial charge on any atom is 0.0558 e. The van der Waals surface area contributed by atoms with Crippen molar-refractivity contribution in [3.05, 3.63) is 35.9 Å². The molecule has 0 radical (unpaired) electrons. The number of nitrogens with two attached hydrogens (primary N) is 1. The van der Waals surface area contributed by atoms with Crippen molar-refractivity contribution in [3.8, 4) is 0 Å². The minimum absolute atomic E-state index is 0.0178. The van der Waals surface area contributed by atoms with Crippen LogP contribution in [0.1, 0.15) is 18.4 Å². The fraction of sp³-hybridized carbons (Fsp3) is 0.538. The maximum absolute atomic E-state index is 9.05. The highest BCUT2D eigenvalue weighted by atomic mass is 16.3. The van der Waals surface area contributed by atoms with Crippen molar-refractivity contribution < 1.29 is 5.11 Å². The Kier molecular flexibility index (Phi) is 3.59. The van der Waals surface area contributed by atoms with Gasteiger partial charge in [-0.2, -0.15) is 0 Å². The van der Waals surface area contributed by atoms with Gasteiger partial charge in [0.15, 0.2) is 0 Å². The first-order valence-electron chi connectivity index (χ1n) is 5.88. The van der Waals surface area contributed by atoms with Crippen LogP contribution in [0.3, 0.4) is 0 Å². The highest BCUT2D eigenvalue weighted by Crippen LogP contribution is 2.33. The summed E-state index contributed by atoms with van der Waals surface area (Å²) in [5, 5.41) is 9.05. The fourth-order valence-corrected chi connectivity index (χ4v) is 1.96. The molecular weight excluding hydrogens is 200 g/mol. The first kappa shape index (κ1) is 11.6. The third-order valence-electron chi connectivity index (χ3n) is 3.10. The fourth-order valence-electron chi connectivity index (χ4n) is 1.96. The predicted octanol–water partition coefficient (Wildman–Crippen LogP) is 0.972. The third kappa shape index (κ3) is 3.30. The van der Waals surface area contributed by atoms with Crippen LogP contribution in [0.5, 0.6) is 0 Å². The third-order valence-corrected chi connectivity index (χ3v) is 3.10. The molecule has 1 saturated carbocycles. The van der Waals surface area contributed by atoms with Crippen molar-refractivity contribution in [2.24, 2.45) is 5.73 Å². The second kappa shape index (κ2) is 4.95. The van der Waals surface area contributed by atoms with Crippen molar-refractivity contribution in [2.75, 3.05) is 19.7 Å². The topological polar surface area (TPSA) is 49.5 Å². The molecule has 0 spiro atoms. The average molecular weight is 220 g/mol. The molecule has 3 heteroatoms. The van der Waals surface area contributed by atoms with E-state index in [-0.39, 0.29) is 12.1 Å². The first-order chi connectivity index (χ1) is 7.72. The molecule has 0 aliphatic heterocycles. The summed E-state index contributed by atoms with van der Waals surface area (Å²) in [6.07, 6.45) is 2.23. The van der Waals surface area contributed by atoms with Gasteiger partial charge in [-0.05, 0) is 18.4 Å². The smallest absolute Gasteiger partial charge is 0.0558 e. The highest BCUT2D eigenvalue weighted by Gasteiger charge is 2.39. The lowest BCUT2D eigenvalue weighted by Crippen LogP contribution is -2.40. The number of hydrogen-bond acceptors (Lipinski definition) is 3. The van der Waals surface area contributed by atoms with Gasteiger partial charge in [-0.15, -0.1) is 0 Å². The van der Waals surface area contributed by atoms with Gasteiger partial charge in [-0.25, -0.2) is 0 Å². The summed E-state index contributed by atoms with van der Waals surface area (Å²) in [6.45, 7) is 2.67. The first-order valence-corrected chi connectivity index (χ1v) is 5.88. The lowest BCUT2D eigenvalue weighted by molar-refractivity contribution is 0.179. The molecule has 0 amide bonds. The van der Waals surface area contributed by atoms with Crippen molar-refractivity contribution in [3.63, 3.8) is 0 Å². The molecule has 0 atom stereocenters. The SMILES string of the molecule is NC1(CN(CCO)Cc2ccccc2)CC1. The van der Waals surface area contributed by atoms with Gasteiger partial charge in [0.25, 0.3) is 0 Å². The maximum atomic E-state index is 9.05. The summed E-state index contributed by atoms with van der Waals surface area (Å²) >= 11 is 0. The standard InChI is InChI=1S/C13H20N2O/c14-13(6-7-13)11-15(8-9-16)10-12-4-2-1-3-5-12/h1-5,16H,6-11,14H2. The van der Waals surface area contributed by atoms with Gasteiger partial charge in [0.05, 0.1) is 6.61 Å². The summed E-state index contributed by atoms with van der Waals surface area (Å²) in [5.41, 5.74) is 7.40. The molecule has 1 aliphatic rings. The predicted molar refractivity (Wildman–Crippen MR) is 65.0 cm³/mol. The summed E-state index contributed by atoms with van der Waals surface area (Å²) in [4.78, 5) is 2.24. The van der Waals surface area contributed by atoms with E-state index in [0.717, 1.165) is 25.9 Å². The minimum atomic E-state index is 0.0178. The number of aliphatic hydroxyl groups excluding tert-OH is 1. The van der Waals surface area contributed by atoms with Crippen LogP contribution in [0.15, 0.2) is 30.3 Å². The Labute approximate surface area is 96.9 Å². The monoisotopic (exact) mass is 220 g/mol. The normalized spacial score (nSPS) is 17.7. The quantitative estimate of drug-likeness (QED) is 0.751. The van der Waals surface area contributed by atoms with Crippen LogP contribution in [-0.4, -0.2) is 35.2 Å². The number of benzene rings is 1. The molecule has 3 nitrogen and oxygen atoms in total. The second-order valence-electron chi connectivity index (χ2n) is 4.78. The molecule has 0 heterocycles. The van der Waals surface area contributed by atoms with E-state index in [0.29, 0.717) is 6.54 Å². The van der Waals surface area contributed by atoms with E-state index in [1.807, 2.05) is 18.2 Å². The van der Waals surface area contributed by atoms with E-state index >= 15 is 0 Å². The Morgan fingerprint density at radius 2 is 1.94 bits per heavy atom. The van der Waals surface area contributed by atoms with Crippen LogP contribution in [0.25, 0.3) is 0 Å². The highest BCUT2D eigenvalue weighted by molar-refractivity contribution is 5.15. The summed E-state index contributed by atoms with van der Waals surface area (Å²) < 4.78 is 0. The Hall–Kier alpha value is -0.900. The lowest BCUT2D eigenvalue weighted by Gasteiger charge is -2.24. The van der Waals surface area contributed by atoms with Gasteiger partial charge < -0.3 is 10.8 Å². The largest absolute Gasteiger partial charge is 0.395 e. The molecule has 1 fully saturated rings. The van der Waals surface area contributed by atoms with Crippen molar-refractivity contribution in [1.82, 2.24) is 4.90 Å². The van der Waals surface area contributed by atoms with E-state index in [4.69, 9.17) is 10.8 Å². The van der Waals surface area contributed by atoms with Crippen molar-refractivity contribution in [1.29, 1.82) is 0 Å². The molecule has 0 unspecified atom stereocenters. The van der Waals surface area contributed by atoms with Crippen LogP contribution < -0.4 is 5.73 Å². The lowest BCUT2D eigenvalue weighted by atomic mass is 10.2. The van der Waals surface area contributed by atoms with E-state index in [1.54, 1.807) is 0 Å². The molecule has 88 valence electrons.